The van der Waals surface area contributed by atoms with Gasteiger partial charge in [-0.15, -0.1) is 0 Å². The number of ether oxygens (including phenoxy) is 1. The fourth-order valence-electron chi connectivity index (χ4n) is 1.66. The van der Waals surface area contributed by atoms with Crippen LogP contribution < -0.4 is 15.0 Å². The number of hydrogen-bond donors (Lipinski definition) is 2. The van der Waals surface area contributed by atoms with Crippen molar-refractivity contribution >= 4 is 11.7 Å². The van der Waals surface area contributed by atoms with Gasteiger partial charge >= 0.3 is 5.97 Å². The van der Waals surface area contributed by atoms with Crippen molar-refractivity contribution in [3.8, 4) is 5.75 Å². The van der Waals surface area contributed by atoms with Crippen LogP contribution in [0.15, 0.2) is 24.3 Å². The standard InChI is InChI=1S/C14H22N2O3/c1-5-15-14(2,13(17)18)10-19-12-8-6-7-11(9-12)16(3)4/h6-9,15H,5,10H2,1-4H3,(H,17,18). The molecule has 1 atom stereocenters. The summed E-state index contributed by atoms with van der Waals surface area (Å²) in [5.41, 5.74) is -0.0685. The van der Waals surface area contributed by atoms with Crippen molar-refractivity contribution in [1.82, 2.24) is 5.32 Å². The van der Waals surface area contributed by atoms with Crippen molar-refractivity contribution < 1.29 is 14.6 Å². The molecule has 0 aliphatic rings. The van der Waals surface area contributed by atoms with Gasteiger partial charge in [0.25, 0.3) is 0 Å². The highest BCUT2D eigenvalue weighted by Gasteiger charge is 2.33. The molecule has 0 amide bonds. The van der Waals surface area contributed by atoms with Crippen LogP contribution in [-0.2, 0) is 4.79 Å². The van der Waals surface area contributed by atoms with Crippen LogP contribution in [-0.4, -0.2) is 43.9 Å². The number of carboxylic acids is 1. The largest absolute Gasteiger partial charge is 0.491 e. The molecule has 5 heteroatoms. The number of carbonyl (C=O) groups is 1. The fourth-order valence-corrected chi connectivity index (χ4v) is 1.66. The average Bonchev–Trinajstić information content (AvgIpc) is 2.37. The van der Waals surface area contributed by atoms with Crippen LogP contribution in [0.5, 0.6) is 5.75 Å². The zero-order valence-electron chi connectivity index (χ0n) is 11.9. The Bertz CT molecular complexity index is 434. The van der Waals surface area contributed by atoms with Crippen molar-refractivity contribution in [2.75, 3.05) is 32.1 Å². The molecule has 0 aliphatic heterocycles. The second-order valence-corrected chi connectivity index (χ2v) is 4.85. The Morgan fingerprint density at radius 1 is 1.47 bits per heavy atom. The van der Waals surface area contributed by atoms with Gasteiger partial charge in [-0.05, 0) is 25.6 Å². The lowest BCUT2D eigenvalue weighted by Crippen LogP contribution is -2.53. The van der Waals surface area contributed by atoms with E-state index < -0.39 is 11.5 Å². The number of rotatable bonds is 7. The molecule has 0 fully saturated rings. The molecule has 0 spiro atoms. The Hall–Kier alpha value is -1.75. The molecule has 1 unspecified atom stereocenters. The number of aliphatic carboxylic acids is 1. The molecule has 0 saturated heterocycles. The Labute approximate surface area is 114 Å². The lowest BCUT2D eigenvalue weighted by atomic mass is 10.0. The lowest BCUT2D eigenvalue weighted by molar-refractivity contribution is -0.145. The van der Waals surface area contributed by atoms with Gasteiger partial charge in [0.05, 0.1) is 0 Å². The molecule has 1 aromatic rings. The molecule has 2 N–H and O–H groups in total. The highest BCUT2D eigenvalue weighted by Crippen LogP contribution is 2.20. The first-order valence-electron chi connectivity index (χ1n) is 6.27. The third-order valence-electron chi connectivity index (χ3n) is 2.90. The first-order chi connectivity index (χ1) is 8.89. The Balaban J connectivity index is 2.74. The fraction of sp³-hybridized carbons (Fsp3) is 0.500. The van der Waals surface area contributed by atoms with Crippen molar-refractivity contribution in [1.29, 1.82) is 0 Å². The van der Waals surface area contributed by atoms with E-state index in [0.717, 1.165) is 5.69 Å². The summed E-state index contributed by atoms with van der Waals surface area (Å²) >= 11 is 0. The summed E-state index contributed by atoms with van der Waals surface area (Å²) in [4.78, 5) is 13.2. The quantitative estimate of drug-likeness (QED) is 0.784. The third kappa shape index (κ3) is 4.13. The topological polar surface area (TPSA) is 61.8 Å². The minimum Gasteiger partial charge on any atom is -0.491 e. The molecule has 106 valence electrons. The van der Waals surface area contributed by atoms with Gasteiger partial charge in [-0.2, -0.15) is 0 Å². The van der Waals surface area contributed by atoms with Crippen molar-refractivity contribution in [2.45, 2.75) is 19.4 Å². The average molecular weight is 266 g/mol. The summed E-state index contributed by atoms with van der Waals surface area (Å²) in [6.07, 6.45) is 0. The summed E-state index contributed by atoms with van der Waals surface area (Å²) in [6, 6.07) is 7.55. The molecule has 0 aromatic heterocycles. The summed E-state index contributed by atoms with van der Waals surface area (Å²) in [7, 11) is 3.89. The maximum absolute atomic E-state index is 11.3. The van der Waals surface area contributed by atoms with Crippen LogP contribution in [0, 0.1) is 0 Å². The van der Waals surface area contributed by atoms with Crippen LogP contribution in [0.1, 0.15) is 13.8 Å². The van der Waals surface area contributed by atoms with Gasteiger partial charge in [-0.3, -0.25) is 10.1 Å². The normalized spacial score (nSPS) is 13.7. The van der Waals surface area contributed by atoms with E-state index >= 15 is 0 Å². The summed E-state index contributed by atoms with van der Waals surface area (Å²) in [5.74, 6) is -0.255. The molecular weight excluding hydrogens is 244 g/mol. The predicted octanol–water partition coefficient (Wildman–Crippen LogP) is 1.58. The highest BCUT2D eigenvalue weighted by atomic mass is 16.5. The van der Waals surface area contributed by atoms with Gasteiger partial charge in [-0.1, -0.05) is 13.0 Å². The van der Waals surface area contributed by atoms with Crippen LogP contribution in [0.4, 0.5) is 5.69 Å². The van der Waals surface area contributed by atoms with E-state index in [2.05, 4.69) is 5.32 Å². The number of hydrogen-bond acceptors (Lipinski definition) is 4. The van der Waals surface area contributed by atoms with Gasteiger partial charge in [0, 0.05) is 25.8 Å². The molecule has 0 aliphatic carbocycles. The number of benzene rings is 1. The minimum atomic E-state index is -1.08. The van der Waals surface area contributed by atoms with E-state index in [9.17, 15) is 9.90 Å². The number of nitrogens with one attached hydrogen (secondary N) is 1. The molecule has 1 aromatic carbocycles. The van der Waals surface area contributed by atoms with Crippen LogP contribution >= 0.6 is 0 Å². The predicted molar refractivity (Wildman–Crippen MR) is 76.0 cm³/mol. The van der Waals surface area contributed by atoms with Crippen molar-refractivity contribution in [3.05, 3.63) is 24.3 Å². The van der Waals surface area contributed by atoms with E-state index in [0.29, 0.717) is 12.3 Å². The van der Waals surface area contributed by atoms with Crippen molar-refractivity contribution in [2.24, 2.45) is 0 Å². The van der Waals surface area contributed by atoms with Crippen LogP contribution in [0.3, 0.4) is 0 Å². The SMILES string of the molecule is CCNC(C)(COc1cccc(N(C)C)c1)C(=O)O. The second kappa shape index (κ2) is 6.43. The molecule has 1 rings (SSSR count). The smallest absolute Gasteiger partial charge is 0.327 e. The van der Waals surface area contributed by atoms with E-state index in [1.165, 1.54) is 0 Å². The van der Waals surface area contributed by atoms with Crippen LogP contribution in [0.25, 0.3) is 0 Å². The van der Waals surface area contributed by atoms with E-state index in [4.69, 9.17) is 4.74 Å². The second-order valence-electron chi connectivity index (χ2n) is 4.85. The van der Waals surface area contributed by atoms with Crippen LogP contribution in [0.2, 0.25) is 0 Å². The number of carboxylic acid groups (broad SMARTS) is 1. The Kier molecular flexibility index (Phi) is 5.18. The first-order valence-corrected chi connectivity index (χ1v) is 6.27. The molecule has 0 saturated carbocycles. The lowest BCUT2D eigenvalue weighted by Gasteiger charge is -2.26. The van der Waals surface area contributed by atoms with Gasteiger partial charge in [-0.25, -0.2) is 0 Å². The maximum atomic E-state index is 11.3. The Morgan fingerprint density at radius 2 is 2.16 bits per heavy atom. The zero-order valence-corrected chi connectivity index (χ0v) is 11.9. The van der Waals surface area contributed by atoms with Gasteiger partial charge in [0.1, 0.15) is 17.9 Å². The number of anilines is 1. The molecule has 5 nitrogen and oxygen atoms in total. The minimum absolute atomic E-state index is 0.0764. The zero-order chi connectivity index (χ0) is 14.5. The third-order valence-corrected chi connectivity index (χ3v) is 2.90. The number of nitrogens with zero attached hydrogens (tertiary/aromatic N) is 1. The molecule has 0 heterocycles. The monoisotopic (exact) mass is 266 g/mol. The number of likely N-dealkylation sites (N-methyl/N-ethyl adjacent to an activating group) is 1. The van der Waals surface area contributed by atoms with E-state index in [1.807, 2.05) is 50.2 Å². The van der Waals surface area contributed by atoms with Gasteiger partial charge in [0.15, 0.2) is 0 Å². The summed E-state index contributed by atoms with van der Waals surface area (Å²) in [6.45, 7) is 4.14. The maximum Gasteiger partial charge on any atom is 0.327 e. The summed E-state index contributed by atoms with van der Waals surface area (Å²) < 4.78 is 5.61. The molecule has 0 radical (unpaired) electrons. The molecule has 19 heavy (non-hydrogen) atoms. The van der Waals surface area contributed by atoms with Gasteiger partial charge < -0.3 is 14.7 Å². The highest BCUT2D eigenvalue weighted by molar-refractivity contribution is 5.78. The van der Waals surface area contributed by atoms with Gasteiger partial charge in [0.2, 0.25) is 0 Å². The Morgan fingerprint density at radius 3 is 2.68 bits per heavy atom. The van der Waals surface area contributed by atoms with E-state index in [-0.39, 0.29) is 6.61 Å². The first kappa shape index (κ1) is 15.3. The molecular formula is C14H22N2O3. The summed E-state index contributed by atoms with van der Waals surface area (Å²) in [5, 5.41) is 12.2. The van der Waals surface area contributed by atoms with E-state index in [1.54, 1.807) is 6.92 Å². The molecule has 0 bridgehead atoms. The van der Waals surface area contributed by atoms with Crippen molar-refractivity contribution in [3.63, 3.8) is 0 Å².